The van der Waals surface area contributed by atoms with Crippen LogP contribution in [0.2, 0.25) is 0 Å². The molecule has 3 aromatic carbocycles. The van der Waals surface area contributed by atoms with Crippen LogP contribution >= 0.6 is 0 Å². The lowest BCUT2D eigenvalue weighted by Gasteiger charge is -2.33. The Morgan fingerprint density at radius 3 is 2.17 bits per heavy atom. The quantitative estimate of drug-likeness (QED) is 0.672. The van der Waals surface area contributed by atoms with Crippen molar-refractivity contribution in [2.75, 3.05) is 38.2 Å². The van der Waals surface area contributed by atoms with Crippen LogP contribution in [-0.4, -0.2) is 33.3 Å². The summed E-state index contributed by atoms with van der Waals surface area (Å²) in [7, 11) is 1.71. The number of benzene rings is 3. The van der Waals surface area contributed by atoms with E-state index in [0.29, 0.717) is 6.61 Å². The molecule has 0 amide bonds. The molecule has 4 heteroatoms. The molecule has 0 saturated carbocycles. The monoisotopic (exact) mass is 389 g/mol. The molecule has 0 bridgehead atoms. The predicted molar refractivity (Wildman–Crippen MR) is 117 cm³/mol. The van der Waals surface area contributed by atoms with Gasteiger partial charge in [0.05, 0.1) is 33.3 Å². The van der Waals surface area contributed by atoms with Gasteiger partial charge in [-0.05, 0) is 35.9 Å². The van der Waals surface area contributed by atoms with E-state index in [1.54, 1.807) is 12.0 Å². The summed E-state index contributed by atoms with van der Waals surface area (Å²) in [5, 5.41) is 0. The summed E-state index contributed by atoms with van der Waals surface area (Å²) in [6.07, 6.45) is 0. The number of rotatable bonds is 7. The highest BCUT2D eigenvalue weighted by Gasteiger charge is 2.20. The Morgan fingerprint density at radius 1 is 0.793 bits per heavy atom. The molecule has 1 aliphatic heterocycles. The first-order chi connectivity index (χ1) is 14.3. The van der Waals surface area contributed by atoms with Gasteiger partial charge < -0.3 is 19.3 Å². The van der Waals surface area contributed by atoms with Crippen molar-refractivity contribution in [1.82, 2.24) is 0 Å². The molecule has 1 saturated heterocycles. The summed E-state index contributed by atoms with van der Waals surface area (Å²) in [6.45, 7) is 6.03. The van der Waals surface area contributed by atoms with Gasteiger partial charge in [-0.2, -0.15) is 0 Å². The van der Waals surface area contributed by atoms with Crippen LogP contribution in [-0.2, 0) is 13.2 Å². The van der Waals surface area contributed by atoms with Crippen molar-refractivity contribution in [1.29, 1.82) is 0 Å². The first kappa shape index (κ1) is 19.3. The maximum absolute atomic E-state index is 5.98. The summed E-state index contributed by atoms with van der Waals surface area (Å²) < 4.78 is 11.6. The summed E-state index contributed by atoms with van der Waals surface area (Å²) in [6, 6.07) is 27.2. The molecule has 1 fully saturated rings. The van der Waals surface area contributed by atoms with Crippen LogP contribution in [0.3, 0.4) is 0 Å². The number of para-hydroxylation sites is 1. The van der Waals surface area contributed by atoms with Crippen molar-refractivity contribution in [3.8, 4) is 11.5 Å². The second-order valence-corrected chi connectivity index (χ2v) is 7.51. The van der Waals surface area contributed by atoms with Crippen molar-refractivity contribution in [2.45, 2.75) is 13.2 Å². The van der Waals surface area contributed by atoms with Gasteiger partial charge in [0.15, 0.2) is 11.5 Å². The number of hydrogen-bond donors (Lipinski definition) is 1. The van der Waals surface area contributed by atoms with E-state index < -0.39 is 0 Å². The van der Waals surface area contributed by atoms with E-state index in [4.69, 9.17) is 9.47 Å². The van der Waals surface area contributed by atoms with Crippen molar-refractivity contribution in [3.63, 3.8) is 0 Å². The average Bonchev–Trinajstić information content (AvgIpc) is 2.80. The molecule has 150 valence electrons. The number of ether oxygens (including phenoxy) is 2. The van der Waals surface area contributed by atoms with E-state index in [2.05, 4.69) is 59.5 Å². The molecule has 4 rings (SSSR count). The molecule has 4 nitrogen and oxygen atoms in total. The molecule has 0 spiro atoms. The fourth-order valence-corrected chi connectivity index (χ4v) is 3.86. The van der Waals surface area contributed by atoms with E-state index in [-0.39, 0.29) is 0 Å². The predicted octanol–water partition coefficient (Wildman–Crippen LogP) is 3.18. The van der Waals surface area contributed by atoms with Gasteiger partial charge in [-0.25, -0.2) is 0 Å². The summed E-state index contributed by atoms with van der Waals surface area (Å²) in [5.41, 5.74) is 3.77. The Kier molecular flexibility index (Phi) is 6.32. The topological polar surface area (TPSA) is 26.1 Å². The lowest BCUT2D eigenvalue weighted by Crippen LogP contribution is -3.13. The number of nitrogens with zero attached hydrogens (tertiary/aromatic N) is 1. The first-order valence-corrected chi connectivity index (χ1v) is 10.3. The van der Waals surface area contributed by atoms with Crippen molar-refractivity contribution < 1.29 is 14.4 Å². The van der Waals surface area contributed by atoms with Crippen LogP contribution in [0.25, 0.3) is 0 Å². The van der Waals surface area contributed by atoms with Crippen LogP contribution in [0, 0.1) is 0 Å². The molecule has 0 unspecified atom stereocenters. The molecule has 1 N–H and O–H groups in total. The Labute approximate surface area is 173 Å². The van der Waals surface area contributed by atoms with Gasteiger partial charge in [-0.15, -0.1) is 0 Å². The third-order valence-electron chi connectivity index (χ3n) is 5.51. The number of quaternary nitrogens is 1. The van der Waals surface area contributed by atoms with E-state index >= 15 is 0 Å². The van der Waals surface area contributed by atoms with Crippen molar-refractivity contribution in [3.05, 3.63) is 90.0 Å². The highest BCUT2D eigenvalue weighted by molar-refractivity contribution is 5.46. The van der Waals surface area contributed by atoms with Gasteiger partial charge in [0, 0.05) is 11.3 Å². The SMILES string of the molecule is COc1cc(C[NH+]2CCN(c3ccccc3)CC2)ccc1OCc1ccccc1. The fraction of sp³-hybridized carbons (Fsp3) is 0.280. The van der Waals surface area contributed by atoms with Gasteiger partial charge >= 0.3 is 0 Å². The zero-order valence-electron chi connectivity index (χ0n) is 17.0. The highest BCUT2D eigenvalue weighted by atomic mass is 16.5. The molecular formula is C25H29N2O2+. The van der Waals surface area contributed by atoms with Gasteiger partial charge in [-0.3, -0.25) is 0 Å². The molecule has 3 aromatic rings. The molecule has 0 atom stereocenters. The minimum absolute atomic E-state index is 0.545. The average molecular weight is 390 g/mol. The number of anilines is 1. The Bertz CT molecular complexity index is 891. The van der Waals surface area contributed by atoms with E-state index in [1.165, 1.54) is 11.3 Å². The van der Waals surface area contributed by atoms with E-state index in [9.17, 15) is 0 Å². The second-order valence-electron chi connectivity index (χ2n) is 7.51. The highest BCUT2D eigenvalue weighted by Crippen LogP contribution is 2.28. The largest absolute Gasteiger partial charge is 0.493 e. The number of nitrogens with one attached hydrogen (secondary N) is 1. The maximum Gasteiger partial charge on any atom is 0.161 e. The standard InChI is InChI=1S/C25H28N2O2/c1-28-25-18-22(12-13-24(25)29-20-21-8-4-2-5-9-21)19-26-14-16-27(17-15-26)23-10-6-3-7-11-23/h2-13,18H,14-17,19-20H2,1H3/p+1. The number of methoxy groups -OCH3 is 1. The number of hydrogen-bond acceptors (Lipinski definition) is 3. The van der Waals surface area contributed by atoms with Gasteiger partial charge in [0.25, 0.3) is 0 Å². The van der Waals surface area contributed by atoms with Gasteiger partial charge in [-0.1, -0.05) is 48.5 Å². The minimum Gasteiger partial charge on any atom is -0.493 e. The Balaban J connectivity index is 1.33. The van der Waals surface area contributed by atoms with Crippen LogP contribution in [0.15, 0.2) is 78.9 Å². The van der Waals surface area contributed by atoms with E-state index in [0.717, 1.165) is 49.8 Å². The lowest BCUT2D eigenvalue weighted by molar-refractivity contribution is -0.914. The van der Waals surface area contributed by atoms with Crippen LogP contribution in [0.1, 0.15) is 11.1 Å². The lowest BCUT2D eigenvalue weighted by atomic mass is 10.1. The third-order valence-corrected chi connectivity index (χ3v) is 5.51. The van der Waals surface area contributed by atoms with Crippen LogP contribution in [0.5, 0.6) is 11.5 Å². The Morgan fingerprint density at radius 2 is 1.48 bits per heavy atom. The normalized spacial score (nSPS) is 14.6. The minimum atomic E-state index is 0.545. The molecule has 29 heavy (non-hydrogen) atoms. The van der Waals surface area contributed by atoms with Crippen molar-refractivity contribution in [2.24, 2.45) is 0 Å². The molecule has 0 aliphatic carbocycles. The molecule has 0 radical (unpaired) electrons. The van der Waals surface area contributed by atoms with Gasteiger partial charge in [0.1, 0.15) is 13.2 Å². The van der Waals surface area contributed by atoms with Gasteiger partial charge in [0.2, 0.25) is 0 Å². The summed E-state index contributed by atoms with van der Waals surface area (Å²) in [5.74, 6) is 1.60. The summed E-state index contributed by atoms with van der Waals surface area (Å²) in [4.78, 5) is 4.09. The fourth-order valence-electron chi connectivity index (χ4n) is 3.86. The Hall–Kier alpha value is -2.98. The second kappa shape index (κ2) is 9.48. The van der Waals surface area contributed by atoms with Crippen LogP contribution < -0.4 is 19.3 Å². The number of piperazine rings is 1. The molecule has 0 aromatic heterocycles. The molecule has 1 aliphatic rings. The third kappa shape index (κ3) is 5.09. The summed E-state index contributed by atoms with van der Waals surface area (Å²) >= 11 is 0. The maximum atomic E-state index is 5.98. The smallest absolute Gasteiger partial charge is 0.161 e. The van der Waals surface area contributed by atoms with Crippen LogP contribution in [0.4, 0.5) is 5.69 Å². The first-order valence-electron chi connectivity index (χ1n) is 10.3. The zero-order chi connectivity index (χ0) is 19.9. The van der Waals surface area contributed by atoms with Crippen molar-refractivity contribution >= 4 is 5.69 Å². The molecular weight excluding hydrogens is 360 g/mol. The zero-order valence-corrected chi connectivity index (χ0v) is 17.0. The van der Waals surface area contributed by atoms with E-state index in [1.807, 2.05) is 24.3 Å². The molecule has 1 heterocycles.